The number of fused-ring (bicyclic) bond motifs is 4. The second-order valence-electron chi connectivity index (χ2n) is 17.0. The van der Waals surface area contributed by atoms with Gasteiger partial charge in [-0.3, -0.25) is 4.57 Å². The Morgan fingerprint density at radius 3 is 2.01 bits per heavy atom. The number of imidazole rings is 1. The Morgan fingerprint density at radius 2 is 1.27 bits per heavy atom. The molecule has 0 aliphatic carbocycles. The molecule has 6 heteroatoms. The number of ether oxygens (including phenoxy) is 1. The Hall–Kier alpha value is -8.11. The maximum atomic E-state index is 9.52. The van der Waals surface area contributed by atoms with E-state index >= 15 is 0 Å². The summed E-state index contributed by atoms with van der Waals surface area (Å²) in [6.07, 6.45) is 3.28. The minimum Gasteiger partial charge on any atom is -0.510 e. The molecule has 5 nitrogen and oxygen atoms in total. The second kappa shape index (κ2) is 18.8. The van der Waals surface area contributed by atoms with E-state index in [1.54, 1.807) is 63.9 Å². The number of para-hydroxylation sites is 2. The third kappa shape index (κ3) is 8.33. The van der Waals surface area contributed by atoms with Gasteiger partial charge in [0, 0.05) is 47.0 Å². The van der Waals surface area contributed by atoms with Gasteiger partial charge in [-0.1, -0.05) is 189 Å². The fraction of sp³-hybridized carbons (Fsp3) is 0.0625. The van der Waals surface area contributed by atoms with Gasteiger partial charge < -0.3 is 13.9 Å². The van der Waals surface area contributed by atoms with Crippen LogP contribution in [-0.4, -0.2) is 14.1 Å². The third-order valence-electron chi connectivity index (χ3n) is 12.3. The molecule has 9 aromatic carbocycles. The summed E-state index contributed by atoms with van der Waals surface area (Å²) in [5.41, 5.74) is 5.07. The number of nitrogens with zero attached hydrogens (tertiary/aromatic N) is 4. The maximum absolute atomic E-state index is 9.52. The molecular weight excluding hydrogens is 1040 g/mol. The van der Waals surface area contributed by atoms with E-state index in [1.807, 2.05) is 134 Å². The van der Waals surface area contributed by atoms with Crippen LogP contribution in [0, 0.1) is 18.5 Å². The van der Waals surface area contributed by atoms with E-state index in [4.69, 9.17) is 23.4 Å². The first kappa shape index (κ1) is 32.6. The van der Waals surface area contributed by atoms with E-state index < -0.39 is 72.2 Å². The van der Waals surface area contributed by atoms with Crippen LogP contribution in [0.15, 0.2) is 230 Å². The minimum atomic E-state index is -1.81. The molecule has 0 radical (unpaired) electrons. The molecule has 0 saturated heterocycles. The molecule has 0 unspecified atom stereocenters. The zero-order valence-corrected chi connectivity index (χ0v) is 40.0. The van der Waals surface area contributed by atoms with E-state index in [0.717, 1.165) is 33.0 Å². The average Bonchev–Trinajstić information content (AvgIpc) is 4.24. The number of hydrogen-bond acceptors (Lipinski definition) is 2. The van der Waals surface area contributed by atoms with Crippen LogP contribution in [0.3, 0.4) is 0 Å². The van der Waals surface area contributed by atoms with Crippen LogP contribution in [0.4, 0.5) is 0 Å². The van der Waals surface area contributed by atoms with Crippen molar-refractivity contribution in [2.45, 2.75) is 25.6 Å². The van der Waals surface area contributed by atoms with Crippen molar-refractivity contribution >= 4 is 32.8 Å². The number of rotatable bonds is 11. The Balaban J connectivity index is 0.00000705. The first-order valence-electron chi connectivity index (χ1n) is 28.4. The molecule has 3 aromatic heterocycles. The van der Waals surface area contributed by atoms with Crippen LogP contribution in [-0.2, 0) is 32.9 Å². The first-order chi connectivity index (χ1) is 38.9. The molecule has 0 N–H and O–H groups in total. The van der Waals surface area contributed by atoms with Crippen LogP contribution in [0.5, 0.6) is 11.5 Å². The quantitative estimate of drug-likeness (QED) is 0.0956. The van der Waals surface area contributed by atoms with Crippen LogP contribution in [0.2, 0.25) is 0 Å². The van der Waals surface area contributed by atoms with E-state index in [2.05, 4.69) is 18.5 Å². The standard InChI is InChI=1S/C64H46N4O.Pt/c1-64(2,50-25-13-6-14-26-50)43-45-37-38-65-62(39-45)68-58-32-16-15-29-56(58)57-35-34-53(42-60(57)68)69-52-28-17-27-51(41-52)66-44-67(61-40-49(33-36-59(61)66)46-19-7-3-8-20-46)63-54(47-21-9-4-10-22-47)30-18-31-55(63)48-23-11-5-12-24-48;/h3-40H,43H2,1-2H3;/q-2;/i4D,5D,9D,10D,11D,12D,21D,22D,23D,24D,43D2;. The molecule has 0 spiro atoms. The Morgan fingerprint density at radius 1 is 0.600 bits per heavy atom. The van der Waals surface area contributed by atoms with Gasteiger partial charge in [-0.15, -0.1) is 29.7 Å². The van der Waals surface area contributed by atoms with Gasteiger partial charge in [0.05, 0.1) is 30.4 Å². The summed E-state index contributed by atoms with van der Waals surface area (Å²) in [6, 6.07) is 51.7. The van der Waals surface area contributed by atoms with Gasteiger partial charge in [-0.25, -0.2) is 4.98 Å². The predicted molar refractivity (Wildman–Crippen MR) is 279 cm³/mol. The van der Waals surface area contributed by atoms with Gasteiger partial charge in [0.1, 0.15) is 5.82 Å². The summed E-state index contributed by atoms with van der Waals surface area (Å²) in [5.74, 6) is 1.13. The maximum Gasteiger partial charge on any atom is 0.268 e. The summed E-state index contributed by atoms with van der Waals surface area (Å²) in [6.45, 7) is 3.81. The second-order valence-corrected chi connectivity index (χ2v) is 17.0. The van der Waals surface area contributed by atoms with Gasteiger partial charge in [-0.05, 0) is 91.6 Å². The van der Waals surface area contributed by atoms with E-state index in [-0.39, 0.29) is 49.0 Å². The van der Waals surface area contributed by atoms with Crippen LogP contribution >= 0.6 is 0 Å². The monoisotopic (exact) mass is 1090 g/mol. The predicted octanol–water partition coefficient (Wildman–Crippen LogP) is 15.1. The molecular formula is C64H46N4OPt-2. The van der Waals surface area contributed by atoms with Gasteiger partial charge in [0.25, 0.3) is 6.33 Å². The van der Waals surface area contributed by atoms with Crippen LogP contribution in [0.25, 0.3) is 83.4 Å². The fourth-order valence-electron chi connectivity index (χ4n) is 9.04. The third-order valence-corrected chi connectivity index (χ3v) is 12.3. The van der Waals surface area contributed by atoms with Crippen molar-refractivity contribution in [1.82, 2.24) is 14.1 Å². The smallest absolute Gasteiger partial charge is 0.268 e. The van der Waals surface area contributed by atoms with Gasteiger partial charge in [-0.2, -0.15) is 18.2 Å². The zero-order chi connectivity index (χ0) is 56.8. The first-order valence-corrected chi connectivity index (χ1v) is 22.4. The van der Waals surface area contributed by atoms with Gasteiger partial charge in [0.2, 0.25) is 0 Å². The Kier molecular flexibility index (Phi) is 8.74. The molecule has 0 aliphatic rings. The largest absolute Gasteiger partial charge is 0.510 e. The zero-order valence-electron chi connectivity index (χ0n) is 49.7. The van der Waals surface area contributed by atoms with Crippen molar-refractivity contribution in [3.05, 3.63) is 260 Å². The van der Waals surface area contributed by atoms with Crippen molar-refractivity contribution in [3.63, 3.8) is 0 Å². The van der Waals surface area contributed by atoms with Gasteiger partial charge in [0.15, 0.2) is 0 Å². The summed E-state index contributed by atoms with van der Waals surface area (Å²) < 4.78 is 119. The summed E-state index contributed by atoms with van der Waals surface area (Å²) in [7, 11) is 0. The van der Waals surface area contributed by atoms with Crippen LogP contribution in [0.1, 0.15) is 41.4 Å². The summed E-state index contributed by atoms with van der Waals surface area (Å²) in [5, 5.41) is 1.81. The molecule has 0 amide bonds. The van der Waals surface area contributed by atoms with Crippen LogP contribution < -0.4 is 9.30 Å². The molecule has 0 fully saturated rings. The fourth-order valence-corrected chi connectivity index (χ4v) is 9.04. The van der Waals surface area contributed by atoms with E-state index in [1.165, 1.54) is 0 Å². The summed E-state index contributed by atoms with van der Waals surface area (Å²) in [4.78, 5) is 4.80. The molecule has 340 valence electrons. The molecule has 12 aromatic rings. The molecule has 3 heterocycles. The van der Waals surface area contributed by atoms with Crippen molar-refractivity contribution < 1.29 is 46.8 Å². The molecule has 12 rings (SSSR count). The number of aromatic nitrogens is 4. The summed E-state index contributed by atoms with van der Waals surface area (Å²) >= 11 is 0. The Labute approximate surface area is 439 Å². The van der Waals surface area contributed by atoms with E-state index in [0.29, 0.717) is 45.1 Å². The minimum absolute atomic E-state index is 0. The van der Waals surface area contributed by atoms with Crippen molar-refractivity contribution in [1.29, 1.82) is 0 Å². The topological polar surface area (TPSA) is 35.9 Å². The molecule has 0 atom stereocenters. The average molecular weight is 1090 g/mol. The van der Waals surface area contributed by atoms with E-state index in [9.17, 15) is 2.74 Å². The van der Waals surface area contributed by atoms with Gasteiger partial charge >= 0.3 is 0 Å². The number of pyridine rings is 1. The molecule has 0 saturated carbocycles. The Bertz CT molecular complexity index is 4380. The molecule has 0 bridgehead atoms. The van der Waals surface area contributed by atoms with Crippen molar-refractivity contribution in [3.8, 4) is 62.1 Å². The molecule has 70 heavy (non-hydrogen) atoms. The number of hydrogen-bond donors (Lipinski definition) is 0. The normalized spacial score (nSPS) is 14.1. The van der Waals surface area contributed by atoms with Crippen molar-refractivity contribution in [2.24, 2.45) is 0 Å². The SMILES string of the molecule is [2H]c1c([2H])c([2H])c(-c2cccc(-c3c([2H])c([2H])c([2H])c([2H])c3[2H])c2-[n+]2[c-]n(-c3[c-]c(Oc4[c-]c5c(cc4)c4ccccc4n5-c4cc(C([2H])([2H])C(C)(C)c5ccccc5)ccn4)ccc3)c3ccc(-c4ccccc4)cc32)c([2H])c1[2H].[Pt]. The van der Waals surface area contributed by atoms with Crippen molar-refractivity contribution in [2.75, 3.05) is 0 Å². The number of benzene rings is 9. The molecule has 0 aliphatic heterocycles.